The van der Waals surface area contributed by atoms with Gasteiger partial charge < -0.3 is 10.2 Å². The first-order valence-corrected chi connectivity index (χ1v) is 8.10. The van der Waals surface area contributed by atoms with Gasteiger partial charge in [-0.25, -0.2) is 0 Å². The van der Waals surface area contributed by atoms with E-state index in [0.29, 0.717) is 0 Å². The van der Waals surface area contributed by atoms with Gasteiger partial charge in [0.1, 0.15) is 11.5 Å². The van der Waals surface area contributed by atoms with Gasteiger partial charge in [0.15, 0.2) is 0 Å². The number of phenols is 2. The lowest BCUT2D eigenvalue weighted by atomic mass is 9.68. The van der Waals surface area contributed by atoms with E-state index in [2.05, 4.69) is 19.1 Å². The molecule has 0 saturated heterocycles. The molecule has 0 radical (unpaired) electrons. The molecule has 0 fully saturated rings. The molecule has 3 aromatic carbocycles. The van der Waals surface area contributed by atoms with Crippen molar-refractivity contribution in [1.82, 2.24) is 0 Å². The van der Waals surface area contributed by atoms with E-state index in [9.17, 15) is 10.2 Å². The average molecular weight is 318 g/mol. The summed E-state index contributed by atoms with van der Waals surface area (Å²) in [6.45, 7) is 6.01. The number of benzene rings is 3. The van der Waals surface area contributed by atoms with Crippen LogP contribution < -0.4 is 0 Å². The lowest BCUT2D eigenvalue weighted by Crippen LogP contribution is -2.27. The number of hydrogen-bond acceptors (Lipinski definition) is 2. The fraction of sp³-hybridized carbons (Fsp3) is 0.182. The molecule has 0 saturated carbocycles. The molecule has 0 aromatic heterocycles. The maximum absolute atomic E-state index is 10.2. The van der Waals surface area contributed by atoms with Gasteiger partial charge in [0, 0.05) is 5.41 Å². The first-order valence-electron chi connectivity index (χ1n) is 8.10. The van der Waals surface area contributed by atoms with Crippen molar-refractivity contribution in [2.24, 2.45) is 0 Å². The fourth-order valence-corrected chi connectivity index (χ4v) is 3.56. The Hall–Kier alpha value is -2.74. The third-order valence-electron chi connectivity index (χ3n) is 5.04. The van der Waals surface area contributed by atoms with E-state index in [1.165, 1.54) is 0 Å². The zero-order valence-electron chi connectivity index (χ0n) is 14.2. The van der Waals surface area contributed by atoms with E-state index >= 15 is 0 Å². The van der Waals surface area contributed by atoms with E-state index in [1.54, 1.807) is 12.1 Å². The van der Waals surface area contributed by atoms with Crippen molar-refractivity contribution in [2.75, 3.05) is 0 Å². The average Bonchev–Trinajstić information content (AvgIpc) is 2.60. The summed E-state index contributed by atoms with van der Waals surface area (Å²) in [6.07, 6.45) is 0. The molecule has 2 N–H and O–H groups in total. The molecular weight excluding hydrogens is 296 g/mol. The standard InChI is InChI=1S/C22H22O2/c1-15-18(11-7-13-20(15)23)22(3,17-9-5-4-6-10-17)19-12-8-14-21(24)16(19)2/h4-14,23-24H,1-3H3. The highest BCUT2D eigenvalue weighted by Crippen LogP contribution is 2.44. The first kappa shape index (κ1) is 16.1. The molecule has 0 spiro atoms. The Kier molecular flexibility index (Phi) is 4.06. The van der Waals surface area contributed by atoms with Crippen molar-refractivity contribution in [3.05, 3.63) is 94.5 Å². The molecule has 122 valence electrons. The minimum Gasteiger partial charge on any atom is -0.508 e. The van der Waals surface area contributed by atoms with Crippen LogP contribution in [0.4, 0.5) is 0 Å². The van der Waals surface area contributed by atoms with Gasteiger partial charge in [-0.2, -0.15) is 0 Å². The van der Waals surface area contributed by atoms with Crippen molar-refractivity contribution in [3.63, 3.8) is 0 Å². The van der Waals surface area contributed by atoms with Gasteiger partial charge in [-0.3, -0.25) is 0 Å². The van der Waals surface area contributed by atoms with Crippen LogP contribution in [0.15, 0.2) is 66.7 Å². The summed E-state index contributed by atoms with van der Waals surface area (Å²) >= 11 is 0. The van der Waals surface area contributed by atoms with Gasteiger partial charge >= 0.3 is 0 Å². The van der Waals surface area contributed by atoms with Gasteiger partial charge in [0.2, 0.25) is 0 Å². The van der Waals surface area contributed by atoms with Crippen LogP contribution >= 0.6 is 0 Å². The maximum atomic E-state index is 10.2. The van der Waals surface area contributed by atoms with E-state index < -0.39 is 5.41 Å². The van der Waals surface area contributed by atoms with E-state index in [4.69, 9.17) is 0 Å². The second kappa shape index (κ2) is 6.04. The van der Waals surface area contributed by atoms with Crippen LogP contribution in [-0.2, 0) is 5.41 Å². The number of hydrogen-bond donors (Lipinski definition) is 2. The summed E-state index contributed by atoms with van der Waals surface area (Å²) in [4.78, 5) is 0. The number of rotatable bonds is 3. The monoisotopic (exact) mass is 318 g/mol. The Morgan fingerprint density at radius 1 is 0.625 bits per heavy atom. The zero-order valence-corrected chi connectivity index (χ0v) is 14.2. The van der Waals surface area contributed by atoms with Gasteiger partial charge in [0.25, 0.3) is 0 Å². The molecular formula is C22H22O2. The van der Waals surface area contributed by atoms with Crippen molar-refractivity contribution < 1.29 is 10.2 Å². The summed E-state index contributed by atoms with van der Waals surface area (Å²) in [5.74, 6) is 0.569. The molecule has 0 heterocycles. The lowest BCUT2D eigenvalue weighted by Gasteiger charge is -2.34. The molecule has 24 heavy (non-hydrogen) atoms. The predicted octanol–water partition coefficient (Wildman–Crippen LogP) is 5.07. The molecule has 2 heteroatoms. The summed E-state index contributed by atoms with van der Waals surface area (Å²) in [7, 11) is 0. The maximum Gasteiger partial charge on any atom is 0.118 e. The molecule has 3 aromatic rings. The Balaban J connectivity index is 2.38. The Morgan fingerprint density at radius 3 is 1.54 bits per heavy atom. The highest BCUT2D eigenvalue weighted by Gasteiger charge is 2.34. The molecule has 0 atom stereocenters. The van der Waals surface area contributed by atoms with E-state index in [1.807, 2.05) is 56.3 Å². The van der Waals surface area contributed by atoms with E-state index in [-0.39, 0.29) is 11.5 Å². The summed E-state index contributed by atoms with van der Waals surface area (Å²) < 4.78 is 0. The third kappa shape index (κ3) is 2.44. The normalized spacial score (nSPS) is 11.5. The Labute approximate surface area is 143 Å². The van der Waals surface area contributed by atoms with Crippen LogP contribution in [0.2, 0.25) is 0 Å². The second-order valence-electron chi connectivity index (χ2n) is 6.39. The van der Waals surface area contributed by atoms with E-state index in [0.717, 1.165) is 27.8 Å². The van der Waals surface area contributed by atoms with Gasteiger partial charge in [-0.15, -0.1) is 0 Å². The van der Waals surface area contributed by atoms with Crippen molar-refractivity contribution in [1.29, 1.82) is 0 Å². The Morgan fingerprint density at radius 2 is 1.08 bits per heavy atom. The molecule has 3 rings (SSSR count). The lowest BCUT2D eigenvalue weighted by molar-refractivity contribution is 0.465. The van der Waals surface area contributed by atoms with Gasteiger partial charge in [0.05, 0.1) is 0 Å². The summed E-state index contributed by atoms with van der Waals surface area (Å²) in [5, 5.41) is 20.5. The SMILES string of the molecule is Cc1c(O)cccc1C(C)(c1ccccc1)c1cccc(O)c1C. The largest absolute Gasteiger partial charge is 0.508 e. The van der Waals surface area contributed by atoms with Crippen LogP contribution in [0.1, 0.15) is 34.7 Å². The highest BCUT2D eigenvalue weighted by atomic mass is 16.3. The van der Waals surface area contributed by atoms with Gasteiger partial charge in [-0.05, 0) is 60.7 Å². The van der Waals surface area contributed by atoms with Crippen LogP contribution in [0.3, 0.4) is 0 Å². The van der Waals surface area contributed by atoms with Gasteiger partial charge in [-0.1, -0.05) is 54.6 Å². The van der Waals surface area contributed by atoms with Crippen molar-refractivity contribution >= 4 is 0 Å². The Bertz CT molecular complexity index is 815. The fourth-order valence-electron chi connectivity index (χ4n) is 3.56. The molecule has 0 aliphatic rings. The molecule has 0 bridgehead atoms. The van der Waals surface area contributed by atoms with Crippen LogP contribution in [-0.4, -0.2) is 10.2 Å². The summed E-state index contributed by atoms with van der Waals surface area (Å²) in [6, 6.07) is 21.5. The van der Waals surface area contributed by atoms with Crippen LogP contribution in [0, 0.1) is 13.8 Å². The smallest absolute Gasteiger partial charge is 0.118 e. The van der Waals surface area contributed by atoms with Crippen molar-refractivity contribution in [3.8, 4) is 11.5 Å². The summed E-state index contributed by atoms with van der Waals surface area (Å²) in [5.41, 5.74) is 4.41. The zero-order chi connectivity index (χ0) is 17.3. The number of phenolic OH excluding ortho intramolecular Hbond substituents is 2. The molecule has 0 aliphatic carbocycles. The van der Waals surface area contributed by atoms with Crippen molar-refractivity contribution in [2.45, 2.75) is 26.2 Å². The quantitative estimate of drug-likeness (QED) is 0.662. The highest BCUT2D eigenvalue weighted by molar-refractivity contribution is 5.58. The molecule has 2 nitrogen and oxygen atoms in total. The first-order chi connectivity index (χ1) is 11.5. The minimum atomic E-state index is -0.479. The second-order valence-corrected chi connectivity index (χ2v) is 6.39. The van der Waals surface area contributed by atoms with Crippen LogP contribution in [0.5, 0.6) is 11.5 Å². The molecule has 0 amide bonds. The van der Waals surface area contributed by atoms with Crippen LogP contribution in [0.25, 0.3) is 0 Å². The molecule has 0 unspecified atom stereocenters. The number of aromatic hydroxyl groups is 2. The third-order valence-corrected chi connectivity index (χ3v) is 5.04. The minimum absolute atomic E-state index is 0.285. The predicted molar refractivity (Wildman–Crippen MR) is 97.7 cm³/mol. The topological polar surface area (TPSA) is 40.5 Å². The molecule has 0 aliphatic heterocycles.